The summed E-state index contributed by atoms with van der Waals surface area (Å²) < 4.78 is 18.0. The topological polar surface area (TPSA) is 64.3 Å². The lowest BCUT2D eigenvalue weighted by atomic mass is 9.92. The van der Waals surface area contributed by atoms with Crippen LogP contribution in [0.1, 0.15) is 13.8 Å². The Morgan fingerprint density at radius 2 is 2.11 bits per heavy atom. The molecule has 0 spiro atoms. The van der Waals surface area contributed by atoms with Gasteiger partial charge in [0.1, 0.15) is 0 Å². The van der Waals surface area contributed by atoms with Crippen molar-refractivity contribution < 1.29 is 13.9 Å². The van der Waals surface area contributed by atoms with Crippen molar-refractivity contribution in [1.82, 2.24) is 0 Å². The molecule has 4 nitrogen and oxygen atoms in total. The summed E-state index contributed by atoms with van der Waals surface area (Å²) in [5, 5.41) is 2.61. The number of halogens is 1. The maximum Gasteiger partial charge on any atom is 0.236 e. The van der Waals surface area contributed by atoms with E-state index in [0.29, 0.717) is 5.69 Å². The molecule has 0 fully saturated rings. The largest absolute Gasteiger partial charge is 0.494 e. The van der Waals surface area contributed by atoms with Crippen molar-refractivity contribution in [3.63, 3.8) is 0 Å². The monoisotopic (exact) mass is 270 g/mol. The summed E-state index contributed by atoms with van der Waals surface area (Å²) in [5.74, 6) is -0.798. The maximum absolute atomic E-state index is 13.2. The van der Waals surface area contributed by atoms with Gasteiger partial charge >= 0.3 is 0 Å². The van der Waals surface area contributed by atoms with Crippen LogP contribution in [0.2, 0.25) is 0 Å². The first kappa shape index (κ1) is 14.4. The molecule has 1 aromatic carbocycles. The average Bonchev–Trinajstić information content (AvgIpc) is 2.31. The Hall–Kier alpha value is -1.69. The standard InChI is InChI=1S/C12H15FN2O2S/c1-12(2,10(14)18)11(16)15-7-4-5-8(13)9(6-7)17-3/h4-6H,1-3H3,(H2,14,18)(H,15,16). The number of hydrogen-bond acceptors (Lipinski definition) is 3. The zero-order valence-electron chi connectivity index (χ0n) is 10.4. The first-order valence-corrected chi connectivity index (χ1v) is 5.64. The SMILES string of the molecule is COc1cc(NC(=O)C(C)(C)C(N)=S)ccc1F. The van der Waals surface area contributed by atoms with Crippen molar-refractivity contribution in [2.75, 3.05) is 12.4 Å². The molecule has 0 saturated heterocycles. The Balaban J connectivity index is 2.92. The Morgan fingerprint density at radius 3 is 2.61 bits per heavy atom. The van der Waals surface area contributed by atoms with E-state index in [2.05, 4.69) is 5.32 Å². The minimum atomic E-state index is -0.975. The van der Waals surface area contributed by atoms with Gasteiger partial charge in [0.25, 0.3) is 0 Å². The summed E-state index contributed by atoms with van der Waals surface area (Å²) in [4.78, 5) is 12.0. The van der Waals surface area contributed by atoms with Gasteiger partial charge in [0, 0.05) is 11.8 Å². The van der Waals surface area contributed by atoms with Gasteiger partial charge in [-0.1, -0.05) is 12.2 Å². The van der Waals surface area contributed by atoms with Gasteiger partial charge in [0.2, 0.25) is 5.91 Å². The molecular weight excluding hydrogens is 255 g/mol. The van der Waals surface area contributed by atoms with Crippen LogP contribution >= 0.6 is 12.2 Å². The third-order valence-corrected chi connectivity index (χ3v) is 3.10. The summed E-state index contributed by atoms with van der Waals surface area (Å²) >= 11 is 4.83. The van der Waals surface area contributed by atoms with Crippen LogP contribution < -0.4 is 15.8 Å². The second-order valence-corrected chi connectivity index (χ2v) is 4.73. The third-order valence-electron chi connectivity index (χ3n) is 2.59. The predicted molar refractivity (Wildman–Crippen MR) is 72.1 cm³/mol. The minimum Gasteiger partial charge on any atom is -0.494 e. The number of hydrogen-bond donors (Lipinski definition) is 2. The van der Waals surface area contributed by atoms with Crippen molar-refractivity contribution in [3.8, 4) is 5.75 Å². The second kappa shape index (κ2) is 5.30. The molecule has 0 atom stereocenters. The summed E-state index contributed by atoms with van der Waals surface area (Å²) in [6.45, 7) is 3.23. The molecule has 0 aliphatic carbocycles. The van der Waals surface area contributed by atoms with Crippen LogP contribution in [-0.2, 0) is 4.79 Å². The van der Waals surface area contributed by atoms with E-state index in [1.54, 1.807) is 13.8 Å². The Labute approximate surface area is 110 Å². The van der Waals surface area contributed by atoms with Crippen molar-refractivity contribution in [3.05, 3.63) is 24.0 Å². The summed E-state index contributed by atoms with van der Waals surface area (Å²) in [6.07, 6.45) is 0. The summed E-state index contributed by atoms with van der Waals surface area (Å²) in [5.41, 5.74) is 4.93. The minimum absolute atomic E-state index is 0.0564. The van der Waals surface area contributed by atoms with E-state index >= 15 is 0 Å². The zero-order chi connectivity index (χ0) is 13.9. The number of thiocarbonyl (C=S) groups is 1. The van der Waals surface area contributed by atoms with E-state index in [0.717, 1.165) is 0 Å². The highest BCUT2D eigenvalue weighted by atomic mass is 32.1. The predicted octanol–water partition coefficient (Wildman–Crippen LogP) is 2.09. The van der Waals surface area contributed by atoms with Gasteiger partial charge in [-0.2, -0.15) is 0 Å². The number of nitrogens with one attached hydrogen (secondary N) is 1. The maximum atomic E-state index is 13.2. The Kier molecular flexibility index (Phi) is 4.24. The summed E-state index contributed by atoms with van der Waals surface area (Å²) in [6, 6.07) is 4.04. The van der Waals surface area contributed by atoms with E-state index in [-0.39, 0.29) is 16.6 Å². The molecule has 0 unspecified atom stereocenters. The molecule has 6 heteroatoms. The molecule has 98 valence electrons. The van der Waals surface area contributed by atoms with E-state index in [1.165, 1.54) is 25.3 Å². The molecule has 0 heterocycles. The summed E-state index contributed by atoms with van der Waals surface area (Å²) in [7, 11) is 1.35. The normalized spacial score (nSPS) is 10.9. The van der Waals surface area contributed by atoms with Crippen LogP contribution in [-0.4, -0.2) is 18.0 Å². The molecular formula is C12H15FN2O2S. The van der Waals surface area contributed by atoms with Gasteiger partial charge in [-0.15, -0.1) is 0 Å². The highest BCUT2D eigenvalue weighted by Gasteiger charge is 2.31. The number of carbonyl (C=O) groups excluding carboxylic acids is 1. The quantitative estimate of drug-likeness (QED) is 0.822. The van der Waals surface area contributed by atoms with Gasteiger partial charge in [-0.3, -0.25) is 4.79 Å². The number of rotatable bonds is 4. The average molecular weight is 270 g/mol. The van der Waals surface area contributed by atoms with Crippen molar-refractivity contribution in [2.45, 2.75) is 13.8 Å². The highest BCUT2D eigenvalue weighted by molar-refractivity contribution is 7.80. The fourth-order valence-electron chi connectivity index (χ4n) is 1.14. The van der Waals surface area contributed by atoms with Crippen molar-refractivity contribution >= 4 is 28.8 Å². The van der Waals surface area contributed by atoms with E-state index in [1.807, 2.05) is 0 Å². The van der Waals surface area contributed by atoms with Gasteiger partial charge in [-0.25, -0.2) is 4.39 Å². The molecule has 1 aromatic rings. The zero-order valence-corrected chi connectivity index (χ0v) is 11.2. The van der Waals surface area contributed by atoms with Crippen molar-refractivity contribution in [1.29, 1.82) is 0 Å². The van der Waals surface area contributed by atoms with Crippen LogP contribution in [0.4, 0.5) is 10.1 Å². The first-order chi connectivity index (χ1) is 8.28. The molecule has 1 rings (SSSR count). The fraction of sp³-hybridized carbons (Fsp3) is 0.333. The molecule has 1 amide bonds. The number of amides is 1. The highest BCUT2D eigenvalue weighted by Crippen LogP contribution is 2.24. The van der Waals surface area contributed by atoms with Crippen LogP contribution in [0.15, 0.2) is 18.2 Å². The molecule has 0 aromatic heterocycles. The van der Waals surface area contributed by atoms with Gasteiger partial charge < -0.3 is 15.8 Å². The van der Waals surface area contributed by atoms with E-state index in [9.17, 15) is 9.18 Å². The number of ether oxygens (including phenoxy) is 1. The molecule has 0 aliphatic heterocycles. The smallest absolute Gasteiger partial charge is 0.236 e. The number of carbonyl (C=O) groups is 1. The molecule has 0 saturated carbocycles. The van der Waals surface area contributed by atoms with Gasteiger partial charge in [0.05, 0.1) is 17.5 Å². The van der Waals surface area contributed by atoms with Crippen molar-refractivity contribution in [2.24, 2.45) is 11.1 Å². The number of nitrogens with two attached hydrogens (primary N) is 1. The third kappa shape index (κ3) is 2.95. The molecule has 18 heavy (non-hydrogen) atoms. The van der Waals surface area contributed by atoms with Crippen LogP contribution in [0, 0.1) is 11.2 Å². The lowest BCUT2D eigenvalue weighted by molar-refractivity contribution is -0.121. The van der Waals surface area contributed by atoms with Gasteiger partial charge in [0.15, 0.2) is 11.6 Å². The van der Waals surface area contributed by atoms with Gasteiger partial charge in [-0.05, 0) is 26.0 Å². The number of methoxy groups -OCH3 is 1. The van der Waals surface area contributed by atoms with Crippen LogP contribution in [0.3, 0.4) is 0 Å². The lowest BCUT2D eigenvalue weighted by Gasteiger charge is -2.22. The molecule has 0 bridgehead atoms. The molecule has 0 aliphatic rings. The van der Waals surface area contributed by atoms with E-state index < -0.39 is 11.2 Å². The molecule has 0 radical (unpaired) electrons. The lowest BCUT2D eigenvalue weighted by Crippen LogP contribution is -2.41. The second-order valence-electron chi connectivity index (χ2n) is 4.29. The number of anilines is 1. The van der Waals surface area contributed by atoms with Crippen LogP contribution in [0.5, 0.6) is 5.75 Å². The fourth-order valence-corrected chi connectivity index (χ4v) is 1.23. The Morgan fingerprint density at radius 1 is 1.50 bits per heavy atom. The van der Waals surface area contributed by atoms with Crippen LogP contribution in [0.25, 0.3) is 0 Å². The molecule has 3 N–H and O–H groups in total. The Bertz CT molecular complexity index is 489. The van der Waals surface area contributed by atoms with E-state index in [4.69, 9.17) is 22.7 Å². The first-order valence-electron chi connectivity index (χ1n) is 5.24. The number of benzene rings is 1.